The zero-order valence-corrected chi connectivity index (χ0v) is 19.0. The summed E-state index contributed by atoms with van der Waals surface area (Å²) < 4.78 is 0. The second-order valence-electron chi connectivity index (χ2n) is 9.18. The monoisotopic (exact) mass is 423 g/mol. The van der Waals surface area contributed by atoms with Crippen LogP contribution in [-0.4, -0.2) is 46.8 Å². The van der Waals surface area contributed by atoms with Crippen molar-refractivity contribution < 1.29 is 9.72 Å². The maximum Gasteiger partial charge on any atom is 0.273 e. The quantitative estimate of drug-likeness (QED) is 0.459. The number of rotatable bonds is 8. The molecule has 1 fully saturated rings. The van der Waals surface area contributed by atoms with Crippen molar-refractivity contribution in [3.63, 3.8) is 0 Å². The van der Waals surface area contributed by atoms with E-state index in [1.165, 1.54) is 11.1 Å². The lowest BCUT2D eigenvalue weighted by Gasteiger charge is -2.29. The Hall–Kier alpha value is -2.73. The summed E-state index contributed by atoms with van der Waals surface area (Å²) in [4.78, 5) is 27.7. The minimum absolute atomic E-state index is 0.105. The number of aryl methyl sites for hydroxylation is 1. The molecule has 0 N–H and O–H groups in total. The van der Waals surface area contributed by atoms with E-state index in [0.717, 1.165) is 25.2 Å². The van der Waals surface area contributed by atoms with E-state index in [0.29, 0.717) is 19.0 Å². The lowest BCUT2D eigenvalue weighted by Crippen LogP contribution is -2.38. The summed E-state index contributed by atoms with van der Waals surface area (Å²) >= 11 is 0. The highest BCUT2D eigenvalue weighted by Gasteiger charge is 2.36. The first-order valence-corrected chi connectivity index (χ1v) is 11.0. The first kappa shape index (κ1) is 22.9. The van der Waals surface area contributed by atoms with Crippen molar-refractivity contribution in [2.75, 3.05) is 26.2 Å². The Morgan fingerprint density at radius 2 is 1.84 bits per heavy atom. The van der Waals surface area contributed by atoms with E-state index in [4.69, 9.17) is 0 Å². The average molecular weight is 424 g/mol. The second kappa shape index (κ2) is 10.1. The number of benzene rings is 2. The summed E-state index contributed by atoms with van der Waals surface area (Å²) in [7, 11) is 0. The molecular weight excluding hydrogens is 390 g/mol. The Kier molecular flexibility index (Phi) is 7.44. The van der Waals surface area contributed by atoms with E-state index >= 15 is 0 Å². The third-order valence-corrected chi connectivity index (χ3v) is 6.09. The summed E-state index contributed by atoms with van der Waals surface area (Å²) in [6, 6.07) is 15.6. The Balaban J connectivity index is 1.84. The maximum absolute atomic E-state index is 12.3. The molecule has 0 aromatic heterocycles. The number of carbonyl (C=O) groups excluding carboxylic acids is 1. The fraction of sp³-hybridized carbons (Fsp3) is 0.480. The normalized spacial score (nSPS) is 19.0. The Bertz CT molecular complexity index is 910. The molecule has 0 saturated carbocycles. The van der Waals surface area contributed by atoms with Crippen LogP contribution in [0.4, 0.5) is 5.69 Å². The molecular formula is C25H33N3O3. The molecule has 1 heterocycles. The van der Waals surface area contributed by atoms with Crippen molar-refractivity contribution in [2.45, 2.75) is 40.2 Å². The highest BCUT2D eigenvalue weighted by atomic mass is 16.6. The second-order valence-corrected chi connectivity index (χ2v) is 9.18. The number of carbonyl (C=O) groups is 1. The van der Waals surface area contributed by atoms with Crippen molar-refractivity contribution in [1.29, 1.82) is 0 Å². The van der Waals surface area contributed by atoms with E-state index in [1.807, 2.05) is 17.0 Å². The van der Waals surface area contributed by atoms with E-state index < -0.39 is 0 Å². The van der Waals surface area contributed by atoms with Crippen LogP contribution in [-0.2, 0) is 11.3 Å². The molecule has 1 saturated heterocycles. The van der Waals surface area contributed by atoms with Crippen molar-refractivity contribution in [3.05, 3.63) is 75.3 Å². The van der Waals surface area contributed by atoms with Gasteiger partial charge in [-0.3, -0.25) is 19.8 Å². The topological polar surface area (TPSA) is 66.7 Å². The summed E-state index contributed by atoms with van der Waals surface area (Å²) in [6.07, 6.45) is 0. The number of nitrogens with zero attached hydrogens (tertiary/aromatic N) is 3. The van der Waals surface area contributed by atoms with Gasteiger partial charge in [-0.1, -0.05) is 61.9 Å². The van der Waals surface area contributed by atoms with Crippen LogP contribution >= 0.6 is 0 Å². The molecule has 31 heavy (non-hydrogen) atoms. The molecule has 2 unspecified atom stereocenters. The molecule has 1 aliphatic heterocycles. The van der Waals surface area contributed by atoms with Gasteiger partial charge < -0.3 is 4.90 Å². The summed E-state index contributed by atoms with van der Waals surface area (Å²) in [5.74, 6) is 1.09. The van der Waals surface area contributed by atoms with E-state index in [-0.39, 0.29) is 28.4 Å². The minimum Gasteiger partial charge on any atom is -0.342 e. The van der Waals surface area contributed by atoms with Gasteiger partial charge in [-0.15, -0.1) is 0 Å². The summed E-state index contributed by atoms with van der Waals surface area (Å²) in [5, 5.41) is 11.4. The van der Waals surface area contributed by atoms with Gasteiger partial charge in [-0.2, -0.15) is 0 Å². The first-order chi connectivity index (χ1) is 14.7. The van der Waals surface area contributed by atoms with Crippen molar-refractivity contribution >= 4 is 11.6 Å². The lowest BCUT2D eigenvalue weighted by molar-refractivity contribution is -0.385. The molecule has 0 bridgehead atoms. The van der Waals surface area contributed by atoms with Crippen molar-refractivity contribution in [2.24, 2.45) is 11.8 Å². The van der Waals surface area contributed by atoms with Gasteiger partial charge in [-0.05, 0) is 24.3 Å². The smallest absolute Gasteiger partial charge is 0.273 e. The number of para-hydroxylation sites is 1. The molecule has 2 atom stereocenters. The van der Waals surface area contributed by atoms with E-state index in [9.17, 15) is 14.9 Å². The van der Waals surface area contributed by atoms with Gasteiger partial charge in [0.05, 0.1) is 4.92 Å². The van der Waals surface area contributed by atoms with Gasteiger partial charge >= 0.3 is 0 Å². The van der Waals surface area contributed by atoms with Crippen LogP contribution in [0.15, 0.2) is 48.5 Å². The third-order valence-electron chi connectivity index (χ3n) is 6.09. The number of likely N-dealkylation sites (tertiary alicyclic amines) is 1. The fourth-order valence-electron chi connectivity index (χ4n) is 4.59. The average Bonchev–Trinajstić information content (AvgIpc) is 3.10. The lowest BCUT2D eigenvalue weighted by atomic mass is 9.88. The Morgan fingerprint density at radius 3 is 2.45 bits per heavy atom. The van der Waals surface area contributed by atoms with Crippen LogP contribution in [0.3, 0.4) is 0 Å². The zero-order chi connectivity index (χ0) is 22.5. The predicted molar refractivity (Wildman–Crippen MR) is 123 cm³/mol. The third kappa shape index (κ3) is 5.91. The fourth-order valence-corrected chi connectivity index (χ4v) is 4.59. The van der Waals surface area contributed by atoms with Crippen LogP contribution < -0.4 is 0 Å². The van der Waals surface area contributed by atoms with Gasteiger partial charge in [0.25, 0.3) is 5.69 Å². The maximum atomic E-state index is 12.3. The molecule has 0 spiro atoms. The van der Waals surface area contributed by atoms with Crippen LogP contribution in [0.25, 0.3) is 0 Å². The molecule has 2 aromatic rings. The van der Waals surface area contributed by atoms with Crippen molar-refractivity contribution in [3.8, 4) is 0 Å². The molecule has 0 radical (unpaired) electrons. The zero-order valence-electron chi connectivity index (χ0n) is 19.0. The van der Waals surface area contributed by atoms with Crippen LogP contribution in [0.5, 0.6) is 0 Å². The molecule has 0 aliphatic carbocycles. The highest BCUT2D eigenvalue weighted by molar-refractivity contribution is 5.73. The summed E-state index contributed by atoms with van der Waals surface area (Å²) in [6.45, 7) is 11.6. The van der Waals surface area contributed by atoms with Crippen LogP contribution in [0.2, 0.25) is 0 Å². The van der Waals surface area contributed by atoms with E-state index in [1.54, 1.807) is 19.1 Å². The van der Waals surface area contributed by atoms with Gasteiger partial charge in [0.1, 0.15) is 0 Å². The molecule has 1 amide bonds. The van der Waals surface area contributed by atoms with E-state index in [2.05, 4.69) is 49.9 Å². The highest BCUT2D eigenvalue weighted by Crippen LogP contribution is 2.35. The van der Waals surface area contributed by atoms with Gasteiger partial charge in [0, 0.05) is 57.2 Å². The standard InChI is InChI=1S/C25H33N3O3/c1-18(2)13-27(20(4)29)16-23-15-26(14-22-7-5-6-8-25(22)28(30)31)17-24(23)21-11-9-19(3)10-12-21/h5-12,18,23-24H,13-17H2,1-4H3. The molecule has 6 nitrogen and oxygen atoms in total. The molecule has 3 rings (SSSR count). The first-order valence-electron chi connectivity index (χ1n) is 11.0. The van der Waals surface area contributed by atoms with Gasteiger partial charge in [-0.25, -0.2) is 0 Å². The number of hydrogen-bond acceptors (Lipinski definition) is 4. The van der Waals surface area contributed by atoms with Crippen molar-refractivity contribution in [1.82, 2.24) is 9.80 Å². The van der Waals surface area contributed by atoms with Crippen LogP contribution in [0, 0.1) is 28.9 Å². The van der Waals surface area contributed by atoms with Gasteiger partial charge in [0.15, 0.2) is 0 Å². The largest absolute Gasteiger partial charge is 0.342 e. The molecule has 2 aromatic carbocycles. The molecule has 1 aliphatic rings. The summed E-state index contributed by atoms with van der Waals surface area (Å²) in [5.41, 5.74) is 3.40. The number of hydrogen-bond donors (Lipinski definition) is 0. The Morgan fingerprint density at radius 1 is 1.16 bits per heavy atom. The van der Waals surface area contributed by atoms with Crippen LogP contribution in [0.1, 0.15) is 43.4 Å². The SMILES string of the molecule is CC(=O)N(CC(C)C)CC1CN(Cc2ccccc2[N+](=O)[O-])CC1c1ccc(C)cc1. The molecule has 6 heteroatoms. The molecule has 166 valence electrons. The number of amides is 1. The number of nitro groups is 1. The van der Waals surface area contributed by atoms with Gasteiger partial charge in [0.2, 0.25) is 5.91 Å². The number of nitro benzene ring substituents is 1. The minimum atomic E-state index is -0.305. The Labute approximate surface area is 185 Å². The predicted octanol–water partition coefficient (Wildman–Crippen LogP) is 4.62.